The first-order valence-electron chi connectivity index (χ1n) is 14.4. The molecule has 5 nitrogen and oxygen atoms in total. The first-order chi connectivity index (χ1) is 17.2. The van der Waals surface area contributed by atoms with Gasteiger partial charge < -0.3 is 5.32 Å². The predicted octanol–water partition coefficient (Wildman–Crippen LogP) is 5.95. The van der Waals surface area contributed by atoms with Crippen LogP contribution in [0.25, 0.3) is 0 Å². The molecular formula is C32H44N2O3. The molecule has 5 aliphatic carbocycles. The van der Waals surface area contributed by atoms with E-state index < -0.39 is 10.8 Å². The number of hydrogen-bond acceptors (Lipinski definition) is 4. The van der Waals surface area contributed by atoms with Crippen LogP contribution in [0.1, 0.15) is 93.4 Å². The van der Waals surface area contributed by atoms with Crippen molar-refractivity contribution in [1.82, 2.24) is 5.32 Å². The molecule has 8 unspecified atom stereocenters. The summed E-state index contributed by atoms with van der Waals surface area (Å²) in [6.07, 6.45) is 10.0. The fraction of sp³-hybridized carbons (Fsp3) is 0.750. The summed E-state index contributed by atoms with van der Waals surface area (Å²) in [5, 5.41) is 12.9. The highest BCUT2D eigenvalue weighted by molar-refractivity contribution is 6.02. The fourth-order valence-corrected chi connectivity index (χ4v) is 9.99. The molecular weight excluding hydrogens is 460 g/mol. The van der Waals surface area contributed by atoms with Crippen LogP contribution in [0.4, 0.5) is 0 Å². The van der Waals surface area contributed by atoms with Gasteiger partial charge in [0.1, 0.15) is 6.07 Å². The van der Waals surface area contributed by atoms with Gasteiger partial charge in [-0.25, -0.2) is 0 Å². The third kappa shape index (κ3) is 3.29. The monoisotopic (exact) mass is 504 g/mol. The van der Waals surface area contributed by atoms with Gasteiger partial charge in [-0.3, -0.25) is 14.4 Å². The molecule has 37 heavy (non-hydrogen) atoms. The number of carbonyl (C=O) groups is 3. The van der Waals surface area contributed by atoms with Crippen LogP contribution in [-0.4, -0.2) is 24.0 Å². The number of nitrogens with zero attached hydrogens (tertiary/aromatic N) is 1. The highest BCUT2D eigenvalue weighted by atomic mass is 16.2. The number of Topliss-reactive ketones (excluding diaryl/α,β-unsaturated/α-hetero) is 1. The first kappa shape index (κ1) is 26.4. The Hall–Kier alpha value is -2.22. The Balaban J connectivity index is 1.68. The van der Waals surface area contributed by atoms with Crippen molar-refractivity contribution in [2.24, 2.45) is 50.7 Å². The van der Waals surface area contributed by atoms with E-state index in [1.165, 1.54) is 0 Å². The summed E-state index contributed by atoms with van der Waals surface area (Å²) in [6, 6.07) is 2.16. The van der Waals surface area contributed by atoms with E-state index in [-0.39, 0.29) is 63.0 Å². The van der Waals surface area contributed by atoms with Crippen LogP contribution in [0, 0.1) is 62.1 Å². The number of fused-ring (bicyclic) bond motifs is 7. The van der Waals surface area contributed by atoms with Gasteiger partial charge in [-0.15, -0.1) is 0 Å². The Morgan fingerprint density at radius 1 is 1.05 bits per heavy atom. The number of hydrogen-bond donors (Lipinski definition) is 1. The van der Waals surface area contributed by atoms with Crippen LogP contribution in [0.5, 0.6) is 0 Å². The van der Waals surface area contributed by atoms with Crippen molar-refractivity contribution in [3.8, 4) is 6.07 Å². The normalized spacial score (nSPS) is 46.2. The molecule has 0 saturated heterocycles. The van der Waals surface area contributed by atoms with Crippen molar-refractivity contribution in [2.75, 3.05) is 6.54 Å². The first-order valence-corrected chi connectivity index (χ1v) is 14.4. The second-order valence-electron chi connectivity index (χ2n) is 14.4. The summed E-state index contributed by atoms with van der Waals surface area (Å²) < 4.78 is 0. The number of nitrogens with one attached hydrogen (secondary N) is 1. The molecule has 5 aliphatic rings. The zero-order valence-electron chi connectivity index (χ0n) is 23.8. The average molecular weight is 505 g/mol. The lowest BCUT2D eigenvalue weighted by Crippen LogP contribution is -2.66. The van der Waals surface area contributed by atoms with Crippen LogP contribution in [0.3, 0.4) is 0 Å². The molecule has 0 spiro atoms. The number of rotatable bonds is 2. The van der Waals surface area contributed by atoms with Gasteiger partial charge in [-0.2, -0.15) is 5.26 Å². The number of nitriles is 1. The van der Waals surface area contributed by atoms with Gasteiger partial charge in [0.25, 0.3) is 0 Å². The number of amides is 1. The van der Waals surface area contributed by atoms with E-state index in [0.717, 1.165) is 50.5 Å². The van der Waals surface area contributed by atoms with Gasteiger partial charge in [-0.1, -0.05) is 53.2 Å². The maximum atomic E-state index is 14.4. The van der Waals surface area contributed by atoms with Crippen molar-refractivity contribution in [2.45, 2.75) is 93.4 Å². The number of allylic oxidation sites excluding steroid dienone is 4. The van der Waals surface area contributed by atoms with E-state index in [1.54, 1.807) is 0 Å². The van der Waals surface area contributed by atoms with Crippen LogP contribution in [0.15, 0.2) is 23.3 Å². The molecule has 5 rings (SSSR count). The average Bonchev–Trinajstić information content (AvgIpc) is 2.82. The van der Waals surface area contributed by atoms with Crippen LogP contribution in [0.2, 0.25) is 0 Å². The van der Waals surface area contributed by atoms with Gasteiger partial charge in [-0.05, 0) is 86.0 Å². The molecule has 0 aromatic heterocycles. The summed E-state index contributed by atoms with van der Waals surface area (Å²) in [4.78, 5) is 41.0. The molecule has 1 N–H and O–H groups in total. The highest BCUT2D eigenvalue weighted by Crippen LogP contribution is 2.73. The molecule has 5 heteroatoms. The Morgan fingerprint density at radius 2 is 1.73 bits per heavy atom. The second-order valence-corrected chi connectivity index (χ2v) is 14.4. The minimum Gasteiger partial charge on any atom is -0.356 e. The zero-order valence-corrected chi connectivity index (χ0v) is 23.8. The van der Waals surface area contributed by atoms with Crippen molar-refractivity contribution >= 4 is 17.5 Å². The third-order valence-corrected chi connectivity index (χ3v) is 12.3. The zero-order chi connectivity index (χ0) is 27.2. The molecule has 0 heterocycles. The standard InChI is InChI=1S/C32H44N2O3/c1-8-34-27(37)32-13-11-28(3,4)17-22(32)25-23(35)15-24-29(5)16-20(18-33)26(36)19(2)21(29)9-10-30(24,6)31(25,7)12-14-32/h15-16,19,21-22,25H,8-14,17H2,1-7H3,(H,34,37). The van der Waals surface area contributed by atoms with Gasteiger partial charge >= 0.3 is 0 Å². The molecule has 3 saturated carbocycles. The topological polar surface area (TPSA) is 87.0 Å². The highest BCUT2D eigenvalue weighted by Gasteiger charge is 2.70. The molecule has 0 aromatic carbocycles. The van der Waals surface area contributed by atoms with Crippen LogP contribution < -0.4 is 5.32 Å². The summed E-state index contributed by atoms with van der Waals surface area (Å²) in [6.45, 7) is 15.9. The van der Waals surface area contributed by atoms with E-state index >= 15 is 0 Å². The smallest absolute Gasteiger partial charge is 0.226 e. The van der Waals surface area contributed by atoms with Gasteiger partial charge in [0, 0.05) is 23.8 Å². The Labute approximate surface area is 222 Å². The summed E-state index contributed by atoms with van der Waals surface area (Å²) in [5.41, 5.74) is -0.0262. The van der Waals surface area contributed by atoms with Crippen LogP contribution >= 0.6 is 0 Å². The van der Waals surface area contributed by atoms with Gasteiger partial charge in [0.2, 0.25) is 5.91 Å². The molecule has 3 fully saturated rings. The van der Waals surface area contributed by atoms with Gasteiger partial charge in [0.05, 0.1) is 11.0 Å². The van der Waals surface area contributed by atoms with Crippen LogP contribution in [-0.2, 0) is 14.4 Å². The largest absolute Gasteiger partial charge is 0.356 e. The molecule has 8 atom stereocenters. The lowest BCUT2D eigenvalue weighted by molar-refractivity contribution is -0.177. The summed E-state index contributed by atoms with van der Waals surface area (Å²) in [7, 11) is 0. The maximum Gasteiger partial charge on any atom is 0.226 e. The van der Waals surface area contributed by atoms with Crippen molar-refractivity contribution in [1.29, 1.82) is 5.26 Å². The lowest BCUT2D eigenvalue weighted by Gasteiger charge is -2.68. The molecule has 1 amide bonds. The Bertz CT molecular complexity index is 1170. The third-order valence-electron chi connectivity index (χ3n) is 12.3. The van der Waals surface area contributed by atoms with Crippen molar-refractivity contribution in [3.05, 3.63) is 23.3 Å². The second kappa shape index (κ2) is 8.14. The molecule has 0 radical (unpaired) electrons. The molecule has 200 valence electrons. The van der Waals surface area contributed by atoms with Crippen molar-refractivity contribution < 1.29 is 14.4 Å². The number of carbonyl (C=O) groups excluding carboxylic acids is 3. The van der Waals surface area contributed by atoms with E-state index in [1.807, 2.05) is 26.0 Å². The maximum absolute atomic E-state index is 14.4. The lowest BCUT2D eigenvalue weighted by atomic mass is 9.34. The Morgan fingerprint density at radius 3 is 2.38 bits per heavy atom. The van der Waals surface area contributed by atoms with Crippen molar-refractivity contribution in [3.63, 3.8) is 0 Å². The van der Waals surface area contributed by atoms with E-state index in [2.05, 4.69) is 46.0 Å². The van der Waals surface area contributed by atoms with Gasteiger partial charge in [0.15, 0.2) is 11.6 Å². The molecule has 0 aromatic rings. The SMILES string of the molecule is CCNC(=O)C12CCC(C)(C)CC1C1C(=O)C=C3C4(C)C=C(C#N)C(=O)C(C)C4CCC3(C)C1(C)CC2. The van der Waals surface area contributed by atoms with E-state index in [0.29, 0.717) is 6.54 Å². The van der Waals surface area contributed by atoms with E-state index in [4.69, 9.17) is 0 Å². The molecule has 0 bridgehead atoms. The minimum absolute atomic E-state index is 0.0197. The minimum atomic E-state index is -0.491. The number of ketones is 2. The fourth-order valence-electron chi connectivity index (χ4n) is 9.99. The summed E-state index contributed by atoms with van der Waals surface area (Å²) >= 11 is 0. The Kier molecular flexibility index (Phi) is 5.81. The molecule has 0 aliphatic heterocycles. The quantitative estimate of drug-likeness (QED) is 0.503. The van der Waals surface area contributed by atoms with E-state index in [9.17, 15) is 19.6 Å². The summed E-state index contributed by atoms with van der Waals surface area (Å²) in [5.74, 6) is -0.0749. The predicted molar refractivity (Wildman–Crippen MR) is 143 cm³/mol.